The predicted octanol–water partition coefficient (Wildman–Crippen LogP) is 7.21. The van der Waals surface area contributed by atoms with Crippen molar-refractivity contribution in [2.75, 3.05) is 5.32 Å². The Hall–Kier alpha value is -2.94. The number of nitrogens with zero attached hydrogens (tertiary/aromatic N) is 1. The van der Waals surface area contributed by atoms with Crippen LogP contribution in [0.1, 0.15) is 84.1 Å². The number of aromatic nitrogens is 1. The lowest BCUT2D eigenvalue weighted by Crippen LogP contribution is -2.39. The van der Waals surface area contributed by atoms with E-state index in [1.165, 1.54) is 55.2 Å². The van der Waals surface area contributed by atoms with Crippen LogP contribution < -0.4 is 5.32 Å². The first-order valence-corrected chi connectivity index (χ1v) is 12.5. The van der Waals surface area contributed by atoms with Crippen molar-refractivity contribution in [1.29, 1.82) is 0 Å². The summed E-state index contributed by atoms with van der Waals surface area (Å²) in [7, 11) is 0. The number of carbonyl (C=O) groups is 1. The highest BCUT2D eigenvalue weighted by Gasteiger charge is 2.45. The van der Waals surface area contributed by atoms with Crippen LogP contribution in [0.2, 0.25) is 0 Å². The van der Waals surface area contributed by atoms with Crippen molar-refractivity contribution >= 4 is 11.6 Å². The van der Waals surface area contributed by atoms with Crippen LogP contribution in [0, 0.1) is 12.8 Å². The number of nitrogens with one attached hydrogen (secondary N) is 1. The first-order valence-electron chi connectivity index (χ1n) is 12.5. The summed E-state index contributed by atoms with van der Waals surface area (Å²) < 4.78 is 0. The normalized spacial score (nSPS) is 24.3. The third-order valence-electron chi connectivity index (χ3n) is 8.35. The number of fused-ring (bicyclic) bond motifs is 3. The summed E-state index contributed by atoms with van der Waals surface area (Å²) in [5.74, 6) is 1.33. The first kappa shape index (κ1) is 21.9. The van der Waals surface area contributed by atoms with Crippen LogP contribution in [0.3, 0.4) is 0 Å². The molecule has 1 saturated carbocycles. The number of rotatable bonds is 4. The Kier molecular flexibility index (Phi) is 6.05. The number of pyridine rings is 1. The molecule has 0 aliphatic heterocycles. The summed E-state index contributed by atoms with van der Waals surface area (Å²) in [6.07, 6.45) is 10.2. The molecule has 0 saturated heterocycles. The van der Waals surface area contributed by atoms with Gasteiger partial charge in [0, 0.05) is 11.8 Å². The molecule has 3 heteroatoms. The lowest BCUT2D eigenvalue weighted by atomic mass is 9.57. The Morgan fingerprint density at radius 2 is 1.94 bits per heavy atom. The van der Waals surface area contributed by atoms with E-state index in [2.05, 4.69) is 59.7 Å². The van der Waals surface area contributed by atoms with Gasteiger partial charge in [0.15, 0.2) is 0 Å². The number of hydrogen-bond donors (Lipinski definition) is 1. The van der Waals surface area contributed by atoms with Crippen molar-refractivity contribution in [1.82, 2.24) is 4.98 Å². The van der Waals surface area contributed by atoms with Gasteiger partial charge in [-0.2, -0.15) is 0 Å². The molecule has 3 unspecified atom stereocenters. The van der Waals surface area contributed by atoms with Crippen molar-refractivity contribution in [2.45, 2.75) is 70.1 Å². The average Bonchev–Trinajstić information content (AvgIpc) is 3.02. The molecule has 33 heavy (non-hydrogen) atoms. The maximum Gasteiger partial charge on any atom is 0.255 e. The summed E-state index contributed by atoms with van der Waals surface area (Å²) in [6.45, 7) is 4.29. The van der Waals surface area contributed by atoms with Gasteiger partial charge < -0.3 is 5.32 Å². The zero-order valence-electron chi connectivity index (χ0n) is 19.8. The predicted molar refractivity (Wildman–Crippen MR) is 135 cm³/mol. The second kappa shape index (κ2) is 9.13. The van der Waals surface area contributed by atoms with E-state index in [0.717, 1.165) is 23.4 Å². The smallest absolute Gasteiger partial charge is 0.255 e. The second-order valence-electron chi connectivity index (χ2n) is 9.94. The van der Waals surface area contributed by atoms with Gasteiger partial charge in [0.2, 0.25) is 0 Å². The molecule has 2 aliphatic rings. The zero-order valence-corrected chi connectivity index (χ0v) is 19.8. The molecule has 1 aromatic heterocycles. The average molecular weight is 439 g/mol. The maximum absolute atomic E-state index is 13.0. The van der Waals surface area contributed by atoms with Gasteiger partial charge in [0.05, 0.1) is 11.4 Å². The number of aryl methyl sites for hydroxylation is 2. The summed E-state index contributed by atoms with van der Waals surface area (Å²) >= 11 is 0. The fourth-order valence-electron chi connectivity index (χ4n) is 6.53. The Labute approximate surface area is 197 Å². The Bertz CT molecular complexity index is 1140. The van der Waals surface area contributed by atoms with Gasteiger partial charge in [-0.1, -0.05) is 43.3 Å². The Morgan fingerprint density at radius 1 is 1.09 bits per heavy atom. The van der Waals surface area contributed by atoms with Gasteiger partial charge in [-0.15, -0.1) is 0 Å². The van der Waals surface area contributed by atoms with Gasteiger partial charge in [-0.25, -0.2) is 0 Å². The van der Waals surface area contributed by atoms with Crippen molar-refractivity contribution < 1.29 is 4.79 Å². The van der Waals surface area contributed by atoms with E-state index in [4.69, 9.17) is 0 Å². The summed E-state index contributed by atoms with van der Waals surface area (Å²) in [4.78, 5) is 17.3. The van der Waals surface area contributed by atoms with E-state index in [1.807, 2.05) is 25.1 Å². The van der Waals surface area contributed by atoms with Gasteiger partial charge in [-0.3, -0.25) is 9.78 Å². The Balaban J connectivity index is 1.43. The molecule has 0 radical (unpaired) electrons. The minimum absolute atomic E-state index is 0.0481. The largest absolute Gasteiger partial charge is 0.320 e. The van der Waals surface area contributed by atoms with Gasteiger partial charge >= 0.3 is 0 Å². The van der Waals surface area contributed by atoms with E-state index < -0.39 is 0 Å². The third-order valence-corrected chi connectivity index (χ3v) is 8.35. The number of benzene rings is 2. The van der Waals surface area contributed by atoms with Crippen molar-refractivity contribution in [3.8, 4) is 0 Å². The topological polar surface area (TPSA) is 42.0 Å². The molecular weight excluding hydrogens is 404 g/mol. The van der Waals surface area contributed by atoms with Crippen molar-refractivity contribution in [3.63, 3.8) is 0 Å². The molecule has 1 amide bonds. The molecule has 3 atom stereocenters. The van der Waals surface area contributed by atoms with E-state index in [1.54, 1.807) is 6.20 Å². The standard InChI is InChI=1S/C30H34N2O/c1-3-30-17-16-23(22-9-5-4-6-10-22)20-26(30)12-7-11-24-19-25(14-15-27(24)30)29(33)32-28-13-8-18-31-21(28)2/h4-6,8-10,13-15,18-19,23,26H,3,7,11-12,16-17,20H2,1-2H3,(H,32,33). The minimum atomic E-state index is -0.0481. The summed E-state index contributed by atoms with van der Waals surface area (Å²) in [5.41, 5.74) is 7.00. The third kappa shape index (κ3) is 4.10. The minimum Gasteiger partial charge on any atom is -0.320 e. The van der Waals surface area contributed by atoms with E-state index >= 15 is 0 Å². The molecule has 2 aromatic carbocycles. The summed E-state index contributed by atoms with van der Waals surface area (Å²) in [6, 6.07) is 21.4. The van der Waals surface area contributed by atoms with E-state index in [0.29, 0.717) is 11.8 Å². The fourth-order valence-corrected chi connectivity index (χ4v) is 6.53. The van der Waals surface area contributed by atoms with Crippen LogP contribution in [0.15, 0.2) is 66.9 Å². The van der Waals surface area contributed by atoms with Gasteiger partial charge in [-0.05, 0) is 110 Å². The van der Waals surface area contributed by atoms with Gasteiger partial charge in [0.1, 0.15) is 0 Å². The monoisotopic (exact) mass is 438 g/mol. The molecule has 1 heterocycles. The van der Waals surface area contributed by atoms with Crippen LogP contribution in [0.25, 0.3) is 0 Å². The quantitative estimate of drug-likeness (QED) is 0.467. The van der Waals surface area contributed by atoms with E-state index in [9.17, 15) is 4.79 Å². The van der Waals surface area contributed by atoms with Crippen molar-refractivity contribution in [3.05, 3.63) is 94.8 Å². The fraction of sp³-hybridized carbons (Fsp3) is 0.400. The lowest BCUT2D eigenvalue weighted by Gasteiger charge is -2.47. The summed E-state index contributed by atoms with van der Waals surface area (Å²) in [5, 5.41) is 3.05. The number of hydrogen-bond acceptors (Lipinski definition) is 2. The van der Waals surface area contributed by atoms with Crippen LogP contribution in [0.4, 0.5) is 5.69 Å². The molecule has 1 N–H and O–H groups in total. The van der Waals surface area contributed by atoms with Crippen LogP contribution in [-0.4, -0.2) is 10.9 Å². The van der Waals surface area contributed by atoms with Crippen molar-refractivity contribution in [2.24, 2.45) is 5.92 Å². The number of amides is 1. The first-order chi connectivity index (χ1) is 16.1. The molecule has 3 aromatic rings. The maximum atomic E-state index is 13.0. The molecule has 3 nitrogen and oxygen atoms in total. The molecule has 0 spiro atoms. The molecular formula is C30H34N2O. The number of carbonyl (C=O) groups excluding carboxylic acids is 1. The molecule has 170 valence electrons. The molecule has 5 rings (SSSR count). The zero-order chi connectivity index (χ0) is 22.8. The lowest BCUT2D eigenvalue weighted by molar-refractivity contribution is 0.102. The highest BCUT2D eigenvalue weighted by Crippen LogP contribution is 2.54. The van der Waals surface area contributed by atoms with Crippen LogP contribution in [0.5, 0.6) is 0 Å². The number of anilines is 1. The molecule has 2 aliphatic carbocycles. The highest BCUT2D eigenvalue weighted by atomic mass is 16.1. The van der Waals surface area contributed by atoms with Crippen LogP contribution in [-0.2, 0) is 11.8 Å². The van der Waals surface area contributed by atoms with E-state index in [-0.39, 0.29) is 11.3 Å². The SMILES string of the molecule is CCC12CCC(c3ccccc3)CC1CCCc1cc(C(=O)Nc3cccnc3C)ccc12. The Morgan fingerprint density at radius 3 is 2.73 bits per heavy atom. The molecule has 0 bridgehead atoms. The second-order valence-corrected chi connectivity index (χ2v) is 9.94. The van der Waals surface area contributed by atoms with Crippen LogP contribution >= 0.6 is 0 Å². The highest BCUT2D eigenvalue weighted by molar-refractivity contribution is 6.04. The molecule has 1 fully saturated rings. The van der Waals surface area contributed by atoms with Gasteiger partial charge in [0.25, 0.3) is 5.91 Å².